The highest BCUT2D eigenvalue weighted by Gasteiger charge is 2.08. The van der Waals surface area contributed by atoms with Crippen molar-refractivity contribution in [2.24, 2.45) is 0 Å². The number of hydrogen-bond acceptors (Lipinski definition) is 3. The molecule has 0 aliphatic heterocycles. The molecule has 0 aliphatic carbocycles. The van der Waals surface area contributed by atoms with Crippen molar-refractivity contribution >= 4 is 11.8 Å². The third-order valence-corrected chi connectivity index (χ3v) is 3.55. The lowest BCUT2D eigenvalue weighted by Gasteiger charge is -2.17. The molecule has 2 nitrogen and oxygen atoms in total. The van der Waals surface area contributed by atoms with E-state index >= 15 is 0 Å². The Morgan fingerprint density at radius 2 is 1.94 bits per heavy atom. The molecule has 0 saturated carbocycles. The molecule has 0 amide bonds. The number of ether oxygens (including phenoxy) is 1. The van der Waals surface area contributed by atoms with Gasteiger partial charge in [0.05, 0.1) is 6.10 Å². The van der Waals surface area contributed by atoms with Crippen LogP contribution < -0.4 is 0 Å². The average Bonchev–Trinajstić information content (AvgIpc) is 2.30. The summed E-state index contributed by atoms with van der Waals surface area (Å²) in [6.45, 7) is 1.08. The van der Waals surface area contributed by atoms with E-state index in [1.807, 2.05) is 17.8 Å². The lowest BCUT2D eigenvalue weighted by Crippen LogP contribution is -2.22. The molecule has 0 N–H and O–H groups in total. The quantitative estimate of drug-likeness (QED) is 0.679. The van der Waals surface area contributed by atoms with Crippen LogP contribution in [0.5, 0.6) is 0 Å². The zero-order chi connectivity index (χ0) is 11.8. The molecule has 0 bridgehead atoms. The largest absolute Gasteiger partial charge is 0.381 e. The van der Waals surface area contributed by atoms with Crippen molar-refractivity contribution in [2.75, 3.05) is 33.5 Å². The van der Waals surface area contributed by atoms with Crippen molar-refractivity contribution in [1.29, 1.82) is 0 Å². The van der Waals surface area contributed by atoms with Gasteiger partial charge in [0.1, 0.15) is 0 Å². The van der Waals surface area contributed by atoms with E-state index in [0.717, 1.165) is 18.7 Å². The molecule has 0 aromatic heterocycles. The van der Waals surface area contributed by atoms with E-state index in [-0.39, 0.29) is 0 Å². The standard InChI is InChI=1S/C13H21NOS/c1-14(2)10-9-12(15-3)11-16-13-7-5-4-6-8-13/h4-8,12H,9-11H2,1-3H3/t12-/m1/s1. The summed E-state index contributed by atoms with van der Waals surface area (Å²) in [4.78, 5) is 3.51. The fraction of sp³-hybridized carbons (Fsp3) is 0.538. The Morgan fingerprint density at radius 1 is 1.25 bits per heavy atom. The number of rotatable bonds is 7. The van der Waals surface area contributed by atoms with Crippen molar-refractivity contribution < 1.29 is 4.74 Å². The average molecular weight is 239 g/mol. The van der Waals surface area contributed by atoms with E-state index in [1.54, 1.807) is 7.11 Å². The van der Waals surface area contributed by atoms with Gasteiger partial charge in [-0.2, -0.15) is 0 Å². The summed E-state index contributed by atoms with van der Waals surface area (Å²) in [5.74, 6) is 1.02. The van der Waals surface area contributed by atoms with Crippen LogP contribution in [0.15, 0.2) is 35.2 Å². The molecule has 0 fully saturated rings. The Morgan fingerprint density at radius 3 is 2.50 bits per heavy atom. The normalized spacial score (nSPS) is 13.0. The number of nitrogens with zero attached hydrogens (tertiary/aromatic N) is 1. The topological polar surface area (TPSA) is 12.5 Å². The van der Waals surface area contributed by atoms with Crippen LogP contribution in [0.2, 0.25) is 0 Å². The fourth-order valence-electron chi connectivity index (χ4n) is 1.38. The Balaban J connectivity index is 2.28. The molecule has 0 saturated heterocycles. The number of thioether (sulfide) groups is 1. The lowest BCUT2D eigenvalue weighted by molar-refractivity contribution is 0.107. The Bertz CT molecular complexity index is 277. The summed E-state index contributed by atoms with van der Waals surface area (Å²) >= 11 is 1.86. The van der Waals surface area contributed by atoms with E-state index in [4.69, 9.17) is 4.74 Å². The third-order valence-electron chi connectivity index (χ3n) is 2.41. The Labute approximate surface area is 103 Å². The minimum absolute atomic E-state index is 0.340. The summed E-state index contributed by atoms with van der Waals surface area (Å²) in [5, 5.41) is 0. The zero-order valence-corrected chi connectivity index (χ0v) is 11.2. The molecule has 0 aliphatic rings. The van der Waals surface area contributed by atoms with Gasteiger partial charge >= 0.3 is 0 Å². The highest BCUT2D eigenvalue weighted by Crippen LogP contribution is 2.19. The maximum absolute atomic E-state index is 5.47. The monoisotopic (exact) mass is 239 g/mol. The number of methoxy groups -OCH3 is 1. The molecule has 1 aromatic rings. The van der Waals surface area contributed by atoms with E-state index in [1.165, 1.54) is 4.90 Å². The highest BCUT2D eigenvalue weighted by atomic mass is 32.2. The van der Waals surface area contributed by atoms with Crippen LogP contribution in [0.4, 0.5) is 0 Å². The summed E-state index contributed by atoms with van der Waals surface area (Å²) in [5.41, 5.74) is 0. The van der Waals surface area contributed by atoms with Crippen molar-refractivity contribution in [2.45, 2.75) is 17.4 Å². The predicted octanol–water partition coefficient (Wildman–Crippen LogP) is 2.75. The van der Waals surface area contributed by atoms with Gasteiger partial charge in [-0.3, -0.25) is 0 Å². The van der Waals surface area contributed by atoms with E-state index in [0.29, 0.717) is 6.10 Å². The molecule has 1 atom stereocenters. The first kappa shape index (κ1) is 13.6. The molecule has 1 rings (SSSR count). The summed E-state index contributed by atoms with van der Waals surface area (Å²) in [7, 11) is 5.99. The van der Waals surface area contributed by atoms with Crippen molar-refractivity contribution in [3.63, 3.8) is 0 Å². The van der Waals surface area contributed by atoms with Crippen LogP contribution in [0, 0.1) is 0 Å². The minimum atomic E-state index is 0.340. The molecule has 0 unspecified atom stereocenters. The molecular formula is C13H21NOS. The van der Waals surface area contributed by atoms with E-state index in [9.17, 15) is 0 Å². The molecule has 0 heterocycles. The van der Waals surface area contributed by atoms with Gasteiger partial charge in [-0.25, -0.2) is 0 Å². The minimum Gasteiger partial charge on any atom is -0.381 e. The van der Waals surface area contributed by atoms with Gasteiger partial charge in [0, 0.05) is 24.3 Å². The van der Waals surface area contributed by atoms with Crippen LogP contribution in [0.1, 0.15) is 6.42 Å². The third kappa shape index (κ3) is 5.54. The molecule has 3 heteroatoms. The zero-order valence-electron chi connectivity index (χ0n) is 10.3. The fourth-order valence-corrected chi connectivity index (χ4v) is 2.41. The molecule has 16 heavy (non-hydrogen) atoms. The van der Waals surface area contributed by atoms with Gasteiger partial charge in [0.2, 0.25) is 0 Å². The van der Waals surface area contributed by atoms with Crippen molar-refractivity contribution in [3.8, 4) is 0 Å². The van der Waals surface area contributed by atoms with Gasteiger partial charge in [-0.05, 0) is 32.6 Å². The summed E-state index contributed by atoms with van der Waals surface area (Å²) in [6.07, 6.45) is 1.43. The smallest absolute Gasteiger partial charge is 0.0677 e. The van der Waals surface area contributed by atoms with Crippen molar-refractivity contribution in [1.82, 2.24) is 4.90 Å². The molecular weight excluding hydrogens is 218 g/mol. The van der Waals surface area contributed by atoms with E-state index < -0.39 is 0 Å². The second-order valence-corrected chi connectivity index (χ2v) is 5.17. The predicted molar refractivity (Wildman–Crippen MR) is 71.1 cm³/mol. The molecule has 1 aromatic carbocycles. The summed E-state index contributed by atoms with van der Waals surface area (Å²) < 4.78 is 5.47. The van der Waals surface area contributed by atoms with Gasteiger partial charge < -0.3 is 9.64 Å². The lowest BCUT2D eigenvalue weighted by atomic mass is 10.3. The SMILES string of the molecule is CO[C@H](CCN(C)C)CSc1ccccc1. The van der Waals surface area contributed by atoms with Gasteiger partial charge in [0.25, 0.3) is 0 Å². The Kier molecular flexibility index (Phi) is 6.53. The second kappa shape index (κ2) is 7.71. The maximum atomic E-state index is 5.47. The van der Waals surface area contributed by atoms with Crippen molar-refractivity contribution in [3.05, 3.63) is 30.3 Å². The van der Waals surface area contributed by atoms with Gasteiger partial charge in [-0.1, -0.05) is 18.2 Å². The Hall–Kier alpha value is -0.510. The molecule has 0 radical (unpaired) electrons. The first-order valence-electron chi connectivity index (χ1n) is 5.57. The van der Waals surface area contributed by atoms with Crippen LogP contribution >= 0.6 is 11.8 Å². The van der Waals surface area contributed by atoms with Crippen LogP contribution in [0.3, 0.4) is 0 Å². The highest BCUT2D eigenvalue weighted by molar-refractivity contribution is 7.99. The molecule has 90 valence electrons. The van der Waals surface area contributed by atoms with E-state index in [2.05, 4.69) is 43.3 Å². The number of benzene rings is 1. The van der Waals surface area contributed by atoms with Crippen LogP contribution in [-0.4, -0.2) is 44.5 Å². The first-order chi connectivity index (χ1) is 7.72. The van der Waals surface area contributed by atoms with Gasteiger partial charge in [0.15, 0.2) is 0 Å². The number of hydrogen-bond donors (Lipinski definition) is 0. The summed E-state index contributed by atoms with van der Waals surface area (Å²) in [6, 6.07) is 10.5. The first-order valence-corrected chi connectivity index (χ1v) is 6.56. The van der Waals surface area contributed by atoms with Crippen LogP contribution in [0.25, 0.3) is 0 Å². The second-order valence-electron chi connectivity index (χ2n) is 4.07. The van der Waals surface area contributed by atoms with Crippen LogP contribution in [-0.2, 0) is 4.74 Å². The van der Waals surface area contributed by atoms with Gasteiger partial charge in [-0.15, -0.1) is 11.8 Å². The molecule has 0 spiro atoms. The maximum Gasteiger partial charge on any atom is 0.0677 e.